The number of carboxylic acid groups (broad SMARTS) is 1. The first-order valence-corrected chi connectivity index (χ1v) is 9.63. The van der Waals surface area contributed by atoms with Crippen molar-refractivity contribution < 1.29 is 27.9 Å². The summed E-state index contributed by atoms with van der Waals surface area (Å²) in [6.45, 7) is 6.17. The quantitative estimate of drug-likeness (QED) is 0.681. The van der Waals surface area contributed by atoms with Crippen molar-refractivity contribution in [3.8, 4) is 11.3 Å². The van der Waals surface area contributed by atoms with Gasteiger partial charge >= 0.3 is 12.1 Å². The number of nitrogens with one attached hydrogen (secondary N) is 2. The van der Waals surface area contributed by atoms with Crippen molar-refractivity contribution in [3.63, 3.8) is 0 Å². The summed E-state index contributed by atoms with van der Waals surface area (Å²) in [4.78, 5) is 28.8. The number of rotatable bonds is 2. The van der Waals surface area contributed by atoms with Gasteiger partial charge in [-0.1, -0.05) is 6.07 Å². The maximum Gasteiger partial charge on any atom is 0.490 e. The Morgan fingerprint density at radius 1 is 1.28 bits per heavy atom. The molecule has 1 saturated heterocycles. The molecule has 0 saturated carbocycles. The molecule has 0 radical (unpaired) electrons. The zero-order valence-electron chi connectivity index (χ0n) is 15.5. The zero-order valence-corrected chi connectivity index (χ0v) is 16.3. The number of thiazole rings is 1. The summed E-state index contributed by atoms with van der Waals surface area (Å²) in [6.07, 6.45) is -4.61. The van der Waals surface area contributed by atoms with E-state index in [-0.39, 0.29) is 5.91 Å². The number of halogens is 3. The van der Waals surface area contributed by atoms with Crippen molar-refractivity contribution in [3.05, 3.63) is 28.6 Å². The zero-order chi connectivity index (χ0) is 21.2. The fourth-order valence-corrected chi connectivity index (χ4v) is 4.00. The largest absolute Gasteiger partial charge is 0.490 e. The topological polar surface area (TPSA) is 94.6 Å². The van der Waals surface area contributed by atoms with Gasteiger partial charge in [-0.3, -0.25) is 4.79 Å². The van der Waals surface area contributed by atoms with Crippen LogP contribution in [0.15, 0.2) is 18.2 Å². The Balaban J connectivity index is 0.000000298. The Labute approximate surface area is 168 Å². The molecule has 2 aliphatic rings. The molecule has 156 valence electrons. The maximum atomic E-state index is 11.5. The number of hydrogen-bond donors (Lipinski definition) is 3. The van der Waals surface area contributed by atoms with Crippen LogP contribution in [0.2, 0.25) is 0 Å². The minimum Gasteiger partial charge on any atom is -0.475 e. The minimum atomic E-state index is -5.08. The average molecular weight is 428 g/mol. The monoisotopic (exact) mass is 428 g/mol. The van der Waals surface area contributed by atoms with Gasteiger partial charge in [-0.2, -0.15) is 13.2 Å². The molecule has 0 unspecified atom stereocenters. The van der Waals surface area contributed by atoms with Crippen LogP contribution in [0.5, 0.6) is 0 Å². The second kappa shape index (κ2) is 8.37. The highest BCUT2D eigenvalue weighted by Crippen LogP contribution is 2.35. The van der Waals surface area contributed by atoms with E-state index in [2.05, 4.69) is 28.5 Å². The summed E-state index contributed by atoms with van der Waals surface area (Å²) in [7, 11) is 0. The number of alkyl halides is 3. The van der Waals surface area contributed by atoms with Crippen LogP contribution in [0.1, 0.15) is 10.4 Å². The molecule has 2 aromatic rings. The van der Waals surface area contributed by atoms with Crippen LogP contribution in [0.3, 0.4) is 0 Å². The number of aromatic nitrogens is 1. The number of benzene rings is 1. The highest BCUT2D eigenvalue weighted by Gasteiger charge is 2.38. The van der Waals surface area contributed by atoms with E-state index in [4.69, 9.17) is 14.9 Å². The summed E-state index contributed by atoms with van der Waals surface area (Å²) in [5, 5.41) is 14.5. The van der Waals surface area contributed by atoms with Gasteiger partial charge in [0.15, 0.2) is 5.13 Å². The van der Waals surface area contributed by atoms with E-state index in [0.717, 1.165) is 53.8 Å². The molecular weight excluding hydrogens is 409 g/mol. The maximum absolute atomic E-state index is 11.5. The van der Waals surface area contributed by atoms with Crippen LogP contribution in [-0.2, 0) is 16.0 Å². The van der Waals surface area contributed by atoms with Gasteiger partial charge in [0.1, 0.15) is 0 Å². The van der Waals surface area contributed by atoms with Gasteiger partial charge < -0.3 is 20.6 Å². The lowest BCUT2D eigenvalue weighted by molar-refractivity contribution is -0.192. The minimum absolute atomic E-state index is 0.0728. The first-order chi connectivity index (χ1) is 13.6. The van der Waals surface area contributed by atoms with E-state index in [1.807, 2.05) is 12.1 Å². The highest BCUT2D eigenvalue weighted by molar-refractivity contribution is 7.16. The number of carboxylic acids is 1. The number of carbonyl (C=O) groups excluding carboxylic acids is 1. The molecule has 29 heavy (non-hydrogen) atoms. The van der Waals surface area contributed by atoms with Gasteiger partial charge in [-0.25, -0.2) is 9.78 Å². The molecule has 7 nitrogen and oxygen atoms in total. The molecule has 1 aromatic carbocycles. The van der Waals surface area contributed by atoms with Gasteiger partial charge in [0.2, 0.25) is 5.91 Å². The molecule has 3 heterocycles. The van der Waals surface area contributed by atoms with Gasteiger partial charge in [0.25, 0.3) is 0 Å². The second-order valence-electron chi connectivity index (χ2n) is 6.54. The fourth-order valence-electron chi connectivity index (χ4n) is 3.02. The van der Waals surface area contributed by atoms with Gasteiger partial charge in [-0.15, -0.1) is 11.3 Å². The van der Waals surface area contributed by atoms with Crippen LogP contribution in [-0.4, -0.2) is 54.3 Å². The Kier molecular flexibility index (Phi) is 6.08. The molecule has 11 heteroatoms. The normalized spacial score (nSPS) is 16.0. The van der Waals surface area contributed by atoms with Crippen LogP contribution in [0.4, 0.5) is 24.0 Å². The Hall–Kier alpha value is -2.66. The summed E-state index contributed by atoms with van der Waals surface area (Å²) in [6, 6.07) is 6.13. The van der Waals surface area contributed by atoms with Crippen LogP contribution >= 0.6 is 11.3 Å². The number of anilines is 2. The van der Waals surface area contributed by atoms with E-state index >= 15 is 0 Å². The number of piperazine rings is 1. The van der Waals surface area contributed by atoms with E-state index in [1.54, 1.807) is 11.3 Å². The number of hydrogen-bond acceptors (Lipinski definition) is 6. The number of amides is 1. The summed E-state index contributed by atoms with van der Waals surface area (Å²) in [5.74, 6) is -2.68. The Morgan fingerprint density at radius 3 is 2.55 bits per heavy atom. The van der Waals surface area contributed by atoms with Crippen molar-refractivity contribution in [2.45, 2.75) is 19.5 Å². The third-order valence-corrected chi connectivity index (χ3v) is 5.45. The smallest absolute Gasteiger partial charge is 0.475 e. The van der Waals surface area contributed by atoms with Crippen LogP contribution < -0.4 is 15.5 Å². The second-order valence-corrected chi connectivity index (χ2v) is 7.72. The lowest BCUT2D eigenvalue weighted by atomic mass is 10.1. The van der Waals surface area contributed by atoms with Crippen molar-refractivity contribution in [1.29, 1.82) is 0 Å². The third kappa shape index (κ3) is 5.04. The molecular formula is C18H19F3N4O3S. The predicted octanol–water partition coefficient (Wildman–Crippen LogP) is 2.66. The van der Waals surface area contributed by atoms with Crippen molar-refractivity contribution in [1.82, 2.24) is 10.3 Å². The SMILES string of the molecule is Cc1sc(N2CCNCC2)nc1-c1ccc2c(c1)CC(=O)N2.O=C(O)C(F)(F)F. The number of aryl methyl sites for hydroxylation is 1. The van der Waals surface area contributed by atoms with Gasteiger partial charge in [0.05, 0.1) is 12.1 Å². The predicted molar refractivity (Wildman–Crippen MR) is 103 cm³/mol. The molecule has 1 fully saturated rings. The first-order valence-electron chi connectivity index (χ1n) is 8.81. The van der Waals surface area contributed by atoms with E-state index in [0.29, 0.717) is 6.42 Å². The summed E-state index contributed by atoms with van der Waals surface area (Å²) < 4.78 is 31.7. The molecule has 0 aliphatic carbocycles. The lowest BCUT2D eigenvalue weighted by Gasteiger charge is -2.26. The van der Waals surface area contributed by atoms with E-state index < -0.39 is 12.1 Å². The van der Waals surface area contributed by atoms with Crippen molar-refractivity contribution in [2.24, 2.45) is 0 Å². The molecule has 1 amide bonds. The standard InChI is InChI=1S/C16H18N4OS.C2HF3O2/c1-10-15(19-16(22-10)20-6-4-17-5-7-20)11-2-3-13-12(8-11)9-14(21)18-13;3-2(4,5)1(6)7/h2-3,8,17H,4-7,9H2,1H3,(H,18,21);(H,6,7). The number of aliphatic carboxylic acids is 1. The van der Waals surface area contributed by atoms with Crippen LogP contribution in [0.25, 0.3) is 11.3 Å². The Morgan fingerprint density at radius 2 is 1.93 bits per heavy atom. The van der Waals surface area contributed by atoms with Crippen molar-refractivity contribution in [2.75, 3.05) is 36.4 Å². The fraction of sp³-hybridized carbons (Fsp3) is 0.389. The summed E-state index contributed by atoms with van der Waals surface area (Å²) in [5.41, 5.74) is 4.15. The van der Waals surface area contributed by atoms with Gasteiger partial charge in [-0.05, 0) is 24.6 Å². The molecule has 3 N–H and O–H groups in total. The molecule has 2 aliphatic heterocycles. The van der Waals surface area contributed by atoms with E-state index in [1.165, 1.54) is 4.88 Å². The third-order valence-electron chi connectivity index (χ3n) is 4.42. The average Bonchev–Trinajstić information content (AvgIpc) is 3.23. The molecule has 1 aromatic heterocycles. The molecule has 0 atom stereocenters. The molecule has 0 spiro atoms. The highest BCUT2D eigenvalue weighted by atomic mass is 32.1. The Bertz CT molecular complexity index is 924. The van der Waals surface area contributed by atoms with Crippen LogP contribution in [0, 0.1) is 6.92 Å². The van der Waals surface area contributed by atoms with Crippen molar-refractivity contribution >= 4 is 34.0 Å². The van der Waals surface area contributed by atoms with Gasteiger partial charge in [0, 0.05) is 42.3 Å². The summed E-state index contributed by atoms with van der Waals surface area (Å²) >= 11 is 1.75. The number of carbonyl (C=O) groups is 2. The lowest BCUT2D eigenvalue weighted by Crippen LogP contribution is -2.43. The number of nitrogens with zero attached hydrogens (tertiary/aromatic N) is 2. The molecule has 0 bridgehead atoms. The van der Waals surface area contributed by atoms with E-state index in [9.17, 15) is 18.0 Å². The molecule has 4 rings (SSSR count). The number of fused-ring (bicyclic) bond motifs is 1. The first kappa shape index (κ1) is 21.1.